The van der Waals surface area contributed by atoms with Crippen molar-refractivity contribution >= 4 is 29.1 Å². The second-order valence-electron chi connectivity index (χ2n) is 9.14. The molecule has 2 bridgehead atoms. The fourth-order valence-electron chi connectivity index (χ4n) is 5.90. The van der Waals surface area contributed by atoms with Crippen molar-refractivity contribution in [1.29, 1.82) is 0 Å². The van der Waals surface area contributed by atoms with Crippen molar-refractivity contribution in [2.24, 2.45) is 23.7 Å². The van der Waals surface area contributed by atoms with Gasteiger partial charge in [-0.15, -0.1) is 0 Å². The molecule has 4 atom stereocenters. The van der Waals surface area contributed by atoms with E-state index in [1.807, 2.05) is 18.2 Å². The standard InChI is InChI=1S/C27H28N2O3/c1-4-16-8-6-9-17(5-2)24(16)28-25(30)18-10-7-11-20(13-18)29-26(31)22-19-12-15(3)21(14-19)23(22)27(29)32/h6-13,19,21-23H,4-5,14H2,1-3H3,(H,28,30)/t19-,21+,22-,23+/m0/s1. The Hall–Kier alpha value is -3.21. The van der Waals surface area contributed by atoms with E-state index in [2.05, 4.69) is 32.2 Å². The van der Waals surface area contributed by atoms with Crippen molar-refractivity contribution in [2.75, 3.05) is 10.2 Å². The predicted octanol–water partition coefficient (Wildman–Crippen LogP) is 4.77. The van der Waals surface area contributed by atoms with Crippen molar-refractivity contribution in [3.8, 4) is 0 Å². The van der Waals surface area contributed by atoms with Crippen molar-refractivity contribution in [3.63, 3.8) is 0 Å². The summed E-state index contributed by atoms with van der Waals surface area (Å²) in [4.78, 5) is 40.9. The van der Waals surface area contributed by atoms with Crippen LogP contribution in [0.15, 0.2) is 54.1 Å². The van der Waals surface area contributed by atoms with Crippen LogP contribution in [-0.4, -0.2) is 17.7 Å². The van der Waals surface area contributed by atoms with Gasteiger partial charge in [0.1, 0.15) is 0 Å². The molecule has 2 fully saturated rings. The summed E-state index contributed by atoms with van der Waals surface area (Å²) in [5.41, 5.74) is 5.18. The van der Waals surface area contributed by atoms with Crippen LogP contribution in [0.2, 0.25) is 0 Å². The highest BCUT2D eigenvalue weighted by atomic mass is 16.2. The Morgan fingerprint density at radius 1 is 1.00 bits per heavy atom. The molecule has 32 heavy (non-hydrogen) atoms. The molecule has 5 nitrogen and oxygen atoms in total. The summed E-state index contributed by atoms with van der Waals surface area (Å²) >= 11 is 0. The number of rotatable bonds is 5. The Labute approximate surface area is 188 Å². The van der Waals surface area contributed by atoms with Gasteiger partial charge in [0.25, 0.3) is 5.91 Å². The molecule has 0 aromatic heterocycles. The number of nitrogens with zero attached hydrogens (tertiary/aromatic N) is 1. The number of para-hydroxylation sites is 1. The molecule has 2 aromatic rings. The van der Waals surface area contributed by atoms with E-state index in [0.29, 0.717) is 11.3 Å². The largest absolute Gasteiger partial charge is 0.321 e. The zero-order chi connectivity index (χ0) is 22.6. The van der Waals surface area contributed by atoms with E-state index in [4.69, 9.17) is 0 Å². The van der Waals surface area contributed by atoms with E-state index >= 15 is 0 Å². The zero-order valence-electron chi connectivity index (χ0n) is 18.7. The van der Waals surface area contributed by atoms with Crippen LogP contribution in [0.4, 0.5) is 11.4 Å². The van der Waals surface area contributed by atoms with Gasteiger partial charge in [0, 0.05) is 11.3 Å². The van der Waals surface area contributed by atoms with Gasteiger partial charge < -0.3 is 5.32 Å². The van der Waals surface area contributed by atoms with E-state index < -0.39 is 0 Å². The smallest absolute Gasteiger partial charge is 0.255 e. The van der Waals surface area contributed by atoms with Gasteiger partial charge in [-0.1, -0.05) is 49.8 Å². The van der Waals surface area contributed by atoms with Gasteiger partial charge in [0.05, 0.1) is 17.5 Å². The Morgan fingerprint density at radius 3 is 2.34 bits per heavy atom. The molecule has 164 valence electrons. The van der Waals surface area contributed by atoms with Crippen LogP contribution in [0.25, 0.3) is 0 Å². The first-order chi connectivity index (χ1) is 15.4. The van der Waals surface area contributed by atoms with Gasteiger partial charge in [-0.3, -0.25) is 14.4 Å². The number of nitrogens with one attached hydrogen (secondary N) is 1. The fourth-order valence-corrected chi connectivity index (χ4v) is 5.90. The molecule has 0 unspecified atom stereocenters. The van der Waals surface area contributed by atoms with Crippen molar-refractivity contribution in [2.45, 2.75) is 40.0 Å². The molecule has 1 aliphatic heterocycles. The second kappa shape index (κ2) is 7.73. The molecule has 0 radical (unpaired) electrons. The van der Waals surface area contributed by atoms with Gasteiger partial charge >= 0.3 is 0 Å². The monoisotopic (exact) mass is 428 g/mol. The second-order valence-corrected chi connectivity index (χ2v) is 9.14. The van der Waals surface area contributed by atoms with Crippen molar-refractivity contribution in [1.82, 2.24) is 0 Å². The number of fused-ring (bicyclic) bond motifs is 5. The summed E-state index contributed by atoms with van der Waals surface area (Å²) in [6, 6.07) is 12.9. The number of amides is 3. The lowest BCUT2D eigenvalue weighted by Crippen LogP contribution is -2.33. The number of carbonyl (C=O) groups excluding carboxylic acids is 3. The van der Waals surface area contributed by atoms with Gasteiger partial charge in [-0.2, -0.15) is 0 Å². The number of hydrogen-bond donors (Lipinski definition) is 1. The minimum atomic E-state index is -0.253. The van der Waals surface area contributed by atoms with Crippen LogP contribution in [0, 0.1) is 23.7 Å². The summed E-state index contributed by atoms with van der Waals surface area (Å²) in [5.74, 6) is -0.650. The molecular weight excluding hydrogens is 400 g/mol. The normalized spacial score (nSPS) is 25.8. The molecule has 0 spiro atoms. The van der Waals surface area contributed by atoms with Gasteiger partial charge in [0.15, 0.2) is 0 Å². The number of hydrogen-bond acceptors (Lipinski definition) is 3. The maximum Gasteiger partial charge on any atom is 0.255 e. The molecule has 5 heteroatoms. The van der Waals surface area contributed by atoms with E-state index in [1.165, 1.54) is 10.5 Å². The Bertz CT molecular complexity index is 1140. The first-order valence-electron chi connectivity index (χ1n) is 11.5. The molecular formula is C27H28N2O3. The number of benzene rings is 2. The lowest BCUT2D eigenvalue weighted by atomic mass is 9.82. The molecule has 1 heterocycles. The molecule has 3 amide bonds. The van der Waals surface area contributed by atoms with Crippen LogP contribution < -0.4 is 10.2 Å². The van der Waals surface area contributed by atoms with Crippen molar-refractivity contribution < 1.29 is 14.4 Å². The number of allylic oxidation sites excluding steroid dienone is 2. The van der Waals surface area contributed by atoms with Crippen LogP contribution >= 0.6 is 0 Å². The van der Waals surface area contributed by atoms with Crippen LogP contribution in [0.1, 0.15) is 48.7 Å². The highest BCUT2D eigenvalue weighted by Crippen LogP contribution is 2.55. The van der Waals surface area contributed by atoms with Crippen LogP contribution in [0.5, 0.6) is 0 Å². The average Bonchev–Trinajstić information content (AvgIpc) is 3.44. The Kier molecular flexibility index (Phi) is 5.00. The lowest BCUT2D eigenvalue weighted by Gasteiger charge is -2.19. The maximum atomic E-state index is 13.2. The molecule has 1 saturated carbocycles. The third-order valence-corrected chi connectivity index (χ3v) is 7.48. The van der Waals surface area contributed by atoms with Gasteiger partial charge in [-0.05, 0) is 67.3 Å². The lowest BCUT2D eigenvalue weighted by molar-refractivity contribution is -0.123. The number of carbonyl (C=O) groups is 3. The molecule has 3 aliphatic rings. The minimum absolute atomic E-state index is 0.123. The van der Waals surface area contributed by atoms with E-state index in [9.17, 15) is 14.4 Å². The van der Waals surface area contributed by atoms with Crippen LogP contribution in [0.3, 0.4) is 0 Å². The van der Waals surface area contributed by atoms with Crippen molar-refractivity contribution in [3.05, 3.63) is 70.8 Å². The topological polar surface area (TPSA) is 66.5 Å². The molecule has 1 N–H and O–H groups in total. The highest BCUT2D eigenvalue weighted by Gasteiger charge is 2.60. The summed E-state index contributed by atoms with van der Waals surface area (Å²) in [6.07, 6.45) is 4.71. The number of aryl methyl sites for hydroxylation is 2. The third-order valence-electron chi connectivity index (χ3n) is 7.48. The van der Waals surface area contributed by atoms with E-state index in [-0.39, 0.29) is 41.4 Å². The summed E-state index contributed by atoms with van der Waals surface area (Å²) in [5, 5.41) is 3.07. The Balaban J connectivity index is 1.42. The van der Waals surface area contributed by atoms with E-state index in [1.54, 1.807) is 24.3 Å². The predicted molar refractivity (Wildman–Crippen MR) is 124 cm³/mol. The average molecular weight is 429 g/mol. The summed E-state index contributed by atoms with van der Waals surface area (Å²) < 4.78 is 0. The summed E-state index contributed by atoms with van der Waals surface area (Å²) in [6.45, 7) is 6.19. The highest BCUT2D eigenvalue weighted by molar-refractivity contribution is 6.23. The zero-order valence-corrected chi connectivity index (χ0v) is 18.7. The SMILES string of the molecule is CCc1cccc(CC)c1NC(=O)c1cccc(N2C(=O)[C@@H]3[C@H](C2=O)[C@@H]2C[C@@H]3C=C2C)c1. The van der Waals surface area contributed by atoms with E-state index in [0.717, 1.165) is 36.1 Å². The maximum absolute atomic E-state index is 13.2. The quantitative estimate of drug-likeness (QED) is 0.551. The molecule has 5 rings (SSSR count). The van der Waals surface area contributed by atoms with Gasteiger partial charge in [-0.25, -0.2) is 4.90 Å². The minimum Gasteiger partial charge on any atom is -0.321 e. The Morgan fingerprint density at radius 2 is 1.66 bits per heavy atom. The summed E-state index contributed by atoms with van der Waals surface area (Å²) in [7, 11) is 0. The molecule has 1 saturated heterocycles. The first kappa shape index (κ1) is 20.7. The van der Waals surface area contributed by atoms with Gasteiger partial charge in [0.2, 0.25) is 11.8 Å². The number of anilines is 2. The van der Waals surface area contributed by atoms with Crippen LogP contribution in [-0.2, 0) is 22.4 Å². The third kappa shape index (κ3) is 3.02. The molecule has 2 aliphatic carbocycles. The fraction of sp³-hybridized carbons (Fsp3) is 0.370. The molecule has 2 aromatic carbocycles. The number of imide groups is 1. The first-order valence-corrected chi connectivity index (χ1v) is 11.5.